The number of thiophene rings is 1. The Kier molecular flexibility index (Phi) is 8.36. The number of amides is 3. The third-order valence-electron chi connectivity index (χ3n) is 11.3. The van der Waals surface area contributed by atoms with Gasteiger partial charge in [-0.15, -0.1) is 11.3 Å². The first-order chi connectivity index (χ1) is 25.2. The smallest absolute Gasteiger partial charge is 0.261 e. The first kappa shape index (κ1) is 33.2. The van der Waals surface area contributed by atoms with Gasteiger partial charge in [-0.1, -0.05) is 0 Å². The number of aryl methyl sites for hydroxylation is 1. The molecule has 2 aromatic carbocycles. The molecule has 3 atom stereocenters. The second-order valence-corrected chi connectivity index (χ2v) is 16.0. The van der Waals surface area contributed by atoms with Gasteiger partial charge in [-0.25, -0.2) is 9.37 Å². The number of halogens is 1. The zero-order chi connectivity index (χ0) is 35.6. The molecule has 52 heavy (non-hydrogen) atoms. The van der Waals surface area contributed by atoms with Crippen molar-refractivity contribution >= 4 is 46.3 Å². The van der Waals surface area contributed by atoms with Crippen LogP contribution in [0.4, 0.5) is 21.6 Å². The number of carbonyl (C=O) groups excluding carboxylic acids is 3. The summed E-state index contributed by atoms with van der Waals surface area (Å²) in [6.07, 6.45) is 7.52. The maximum absolute atomic E-state index is 14.8. The summed E-state index contributed by atoms with van der Waals surface area (Å²) in [5, 5.41) is 6.17. The third-order valence-corrected chi connectivity index (χ3v) is 12.6. The van der Waals surface area contributed by atoms with Gasteiger partial charge in [-0.3, -0.25) is 14.4 Å². The zero-order valence-electron chi connectivity index (χ0n) is 29.0. The molecule has 4 fully saturated rings. The van der Waals surface area contributed by atoms with Crippen LogP contribution >= 0.6 is 11.3 Å². The van der Waals surface area contributed by atoms with E-state index in [-0.39, 0.29) is 41.4 Å². The lowest BCUT2D eigenvalue weighted by molar-refractivity contribution is -0.000511. The van der Waals surface area contributed by atoms with Gasteiger partial charge in [0.05, 0.1) is 34.4 Å². The normalized spacial score (nSPS) is 22.7. The average Bonchev–Trinajstić information content (AvgIpc) is 3.86. The monoisotopic (exact) mass is 721 g/mol. The summed E-state index contributed by atoms with van der Waals surface area (Å²) in [4.78, 5) is 50.8. The topological polar surface area (TPSA) is 113 Å². The highest BCUT2D eigenvalue weighted by Gasteiger charge is 2.45. The van der Waals surface area contributed by atoms with Crippen molar-refractivity contribution in [3.8, 4) is 10.4 Å². The maximum Gasteiger partial charge on any atom is 0.261 e. The molecule has 0 aliphatic carbocycles. The predicted octanol–water partition coefficient (Wildman–Crippen LogP) is 6.38. The molecule has 4 saturated heterocycles. The largest absolute Gasteiger partial charge is 0.381 e. The fourth-order valence-corrected chi connectivity index (χ4v) is 9.68. The minimum atomic E-state index is -0.449. The standard InChI is InChI=1S/C40H40FN5O5S/c1-23-16-30(36(42-20-23)45-21-40(22-45)11-14-50-15-12-40)37(47)43-27-5-2-24(3-6-27)39(49)46-13-10-25-17-34(38(48)44-31-19-28-7-9-33(31)51-28)52-35(25)29-8-4-26(41)18-32(29)46/h2-6,8,16-18,20,28,31,33H,7,9-15,19,21-22H2,1H3,(H,43,47)(H,44,48). The van der Waals surface area contributed by atoms with Crippen LogP contribution in [0.15, 0.2) is 60.8 Å². The number of nitrogens with zero attached hydrogens (tertiary/aromatic N) is 3. The molecule has 0 saturated carbocycles. The molecule has 2 N–H and O–H groups in total. The summed E-state index contributed by atoms with van der Waals surface area (Å²) in [6, 6.07) is 15.0. The van der Waals surface area contributed by atoms with Crippen LogP contribution in [-0.2, 0) is 15.9 Å². The molecule has 3 amide bonds. The molecule has 268 valence electrons. The van der Waals surface area contributed by atoms with Crippen molar-refractivity contribution in [2.24, 2.45) is 5.41 Å². The van der Waals surface area contributed by atoms with Gasteiger partial charge >= 0.3 is 0 Å². The summed E-state index contributed by atoms with van der Waals surface area (Å²) in [6.45, 7) is 5.49. The van der Waals surface area contributed by atoms with E-state index in [0.29, 0.717) is 51.7 Å². The number of anilines is 3. The molecule has 3 unspecified atom stereocenters. The summed E-state index contributed by atoms with van der Waals surface area (Å²) >= 11 is 1.37. The lowest BCUT2D eigenvalue weighted by Gasteiger charge is -2.53. The summed E-state index contributed by atoms with van der Waals surface area (Å²) < 4.78 is 26.2. The van der Waals surface area contributed by atoms with E-state index in [1.807, 2.05) is 19.1 Å². The van der Waals surface area contributed by atoms with Crippen molar-refractivity contribution in [1.82, 2.24) is 10.3 Å². The number of hydrogen-bond acceptors (Lipinski definition) is 8. The van der Waals surface area contributed by atoms with Crippen molar-refractivity contribution in [1.29, 1.82) is 0 Å². The Morgan fingerprint density at radius 1 is 1.00 bits per heavy atom. The Hall–Kier alpha value is -4.65. The summed E-state index contributed by atoms with van der Waals surface area (Å²) in [5.74, 6) is -0.440. The molecule has 7 heterocycles. The van der Waals surface area contributed by atoms with Gasteiger partial charge in [0.1, 0.15) is 11.6 Å². The summed E-state index contributed by atoms with van der Waals surface area (Å²) in [5.41, 5.74) is 4.72. The molecule has 12 heteroatoms. The van der Waals surface area contributed by atoms with E-state index in [2.05, 4.69) is 20.5 Å². The first-order valence-electron chi connectivity index (χ1n) is 18.1. The van der Waals surface area contributed by atoms with Crippen molar-refractivity contribution < 1.29 is 28.2 Å². The summed E-state index contributed by atoms with van der Waals surface area (Å²) in [7, 11) is 0. The second kappa shape index (κ2) is 13.1. The second-order valence-electron chi connectivity index (χ2n) is 14.9. The Labute approximate surface area is 305 Å². The lowest BCUT2D eigenvalue weighted by Crippen LogP contribution is -2.59. The molecule has 4 aromatic rings. The Morgan fingerprint density at radius 3 is 2.56 bits per heavy atom. The molecule has 2 aromatic heterocycles. The van der Waals surface area contributed by atoms with E-state index in [1.165, 1.54) is 23.5 Å². The third kappa shape index (κ3) is 6.06. The molecule has 5 aliphatic rings. The van der Waals surface area contributed by atoms with E-state index in [4.69, 9.17) is 9.47 Å². The SMILES string of the molecule is Cc1cnc(N2CC3(CCOCC3)C2)c(C(=O)Nc2ccc(C(=O)N3CCc4cc(C(=O)NC5CC6CCC5O6)sc4-c4ccc(F)cc43)cc2)c1. The van der Waals surface area contributed by atoms with Gasteiger partial charge in [0.2, 0.25) is 0 Å². The van der Waals surface area contributed by atoms with Crippen LogP contribution in [0.3, 0.4) is 0 Å². The van der Waals surface area contributed by atoms with Crippen LogP contribution in [0.2, 0.25) is 0 Å². The van der Waals surface area contributed by atoms with E-state index in [0.717, 1.165) is 74.4 Å². The average molecular weight is 722 g/mol. The van der Waals surface area contributed by atoms with Crippen LogP contribution < -0.4 is 20.4 Å². The number of nitrogens with one attached hydrogen (secondary N) is 2. The van der Waals surface area contributed by atoms with Gasteiger partial charge in [0.15, 0.2) is 0 Å². The van der Waals surface area contributed by atoms with E-state index >= 15 is 0 Å². The number of carbonyl (C=O) groups is 3. The number of fused-ring (bicyclic) bond motifs is 5. The van der Waals surface area contributed by atoms with Crippen molar-refractivity contribution in [2.75, 3.05) is 48.0 Å². The number of benzene rings is 2. The minimum absolute atomic E-state index is 0.0230. The predicted molar refractivity (Wildman–Crippen MR) is 197 cm³/mol. The molecule has 9 rings (SSSR count). The van der Waals surface area contributed by atoms with E-state index in [1.54, 1.807) is 41.4 Å². The van der Waals surface area contributed by atoms with Crippen molar-refractivity contribution in [2.45, 2.75) is 63.7 Å². The maximum atomic E-state index is 14.8. The molecule has 10 nitrogen and oxygen atoms in total. The van der Waals surface area contributed by atoms with Crippen LogP contribution in [0.5, 0.6) is 0 Å². The fourth-order valence-electron chi connectivity index (χ4n) is 8.53. The Morgan fingerprint density at radius 2 is 1.81 bits per heavy atom. The lowest BCUT2D eigenvalue weighted by atomic mass is 9.73. The molecular formula is C40H40FN5O5S. The number of aromatic nitrogens is 1. The van der Waals surface area contributed by atoms with Crippen LogP contribution in [0, 0.1) is 18.2 Å². The van der Waals surface area contributed by atoms with Crippen LogP contribution in [0.25, 0.3) is 10.4 Å². The minimum Gasteiger partial charge on any atom is -0.381 e. The van der Waals surface area contributed by atoms with E-state index in [9.17, 15) is 18.8 Å². The molecule has 0 radical (unpaired) electrons. The Bertz CT molecular complexity index is 2070. The first-order valence-corrected chi connectivity index (χ1v) is 19.0. The van der Waals surface area contributed by atoms with E-state index < -0.39 is 5.82 Å². The molecular weight excluding hydrogens is 682 g/mol. The molecule has 2 bridgehead atoms. The highest BCUT2D eigenvalue weighted by atomic mass is 32.1. The van der Waals surface area contributed by atoms with Gasteiger partial charge in [0.25, 0.3) is 17.7 Å². The van der Waals surface area contributed by atoms with Crippen LogP contribution in [-0.4, -0.2) is 73.8 Å². The molecule has 1 spiro atoms. The highest BCUT2D eigenvalue weighted by molar-refractivity contribution is 7.17. The zero-order valence-corrected chi connectivity index (χ0v) is 29.8. The Balaban J connectivity index is 0.905. The number of pyridine rings is 1. The van der Waals surface area contributed by atoms with Gasteiger partial charge in [-0.05, 0) is 111 Å². The highest BCUT2D eigenvalue weighted by Crippen LogP contribution is 2.44. The van der Waals surface area contributed by atoms with Gasteiger partial charge in [0, 0.05) is 66.2 Å². The van der Waals surface area contributed by atoms with Crippen molar-refractivity contribution in [3.05, 3.63) is 93.7 Å². The quantitative estimate of drug-likeness (QED) is 0.238. The number of ether oxygens (including phenoxy) is 2. The van der Waals surface area contributed by atoms with Crippen molar-refractivity contribution in [3.63, 3.8) is 0 Å². The van der Waals surface area contributed by atoms with Gasteiger partial charge in [-0.2, -0.15) is 0 Å². The number of hydrogen-bond donors (Lipinski definition) is 2. The van der Waals surface area contributed by atoms with Crippen LogP contribution in [0.1, 0.15) is 73.6 Å². The number of rotatable bonds is 6. The fraction of sp³-hybridized carbons (Fsp3) is 0.400. The van der Waals surface area contributed by atoms with Gasteiger partial charge < -0.3 is 29.9 Å². The molecule has 5 aliphatic heterocycles.